The summed E-state index contributed by atoms with van der Waals surface area (Å²) in [5.74, 6) is 0. The van der Waals surface area contributed by atoms with Crippen LogP contribution < -0.4 is 42.5 Å². The summed E-state index contributed by atoms with van der Waals surface area (Å²) in [6, 6.07) is 0. The first kappa shape index (κ1) is 16.1. The van der Waals surface area contributed by atoms with E-state index >= 15 is 0 Å². The maximum Gasteiger partial charge on any atom is 1.00 e. The topological polar surface area (TPSA) is 129 Å². The summed E-state index contributed by atoms with van der Waals surface area (Å²) in [5, 5.41) is 0. The molecule has 8 nitrogen and oxygen atoms in total. The molecule has 1 N–H and O–H groups in total. The van der Waals surface area contributed by atoms with Crippen molar-refractivity contribution in [3.63, 3.8) is 0 Å². The van der Waals surface area contributed by atoms with Crippen molar-refractivity contribution in [1.82, 2.24) is 14.1 Å². The van der Waals surface area contributed by atoms with Gasteiger partial charge in [-0.05, 0) is 0 Å². The molecule has 2 aromatic rings. The summed E-state index contributed by atoms with van der Waals surface area (Å²) in [7, 11) is -4.94. The molecular formula is C7H9ClLiN4O4+. The largest absolute Gasteiger partial charge is 1.00 e. The zero-order valence-electron chi connectivity index (χ0n) is 9.02. The third kappa shape index (κ3) is 8.90. The fourth-order valence-electron chi connectivity index (χ4n) is 0.967. The van der Waals surface area contributed by atoms with Gasteiger partial charge >= 0.3 is 18.9 Å². The minimum atomic E-state index is -4.94. The molecule has 2 rings (SSSR count). The van der Waals surface area contributed by atoms with Gasteiger partial charge in [0, 0.05) is 12.4 Å². The van der Waals surface area contributed by atoms with E-state index < -0.39 is 10.2 Å². The second kappa shape index (κ2) is 7.47. The number of H-pyrrole nitrogens is 1. The standard InChI is InChI=1S/C7H8N4.ClHO4.Li/c1-3-10(5-8-1)7-11-4-2-9-6-11;2-1(3,4)5;/h1-6H,7H2;(H,2,3,4,5);/q;;+1. The zero-order valence-corrected chi connectivity index (χ0v) is 9.78. The Balaban J connectivity index is 0.000000373. The number of aromatic nitrogens is 4. The van der Waals surface area contributed by atoms with Crippen molar-refractivity contribution in [2.75, 3.05) is 0 Å². The van der Waals surface area contributed by atoms with Gasteiger partial charge < -0.3 is 4.57 Å². The molecule has 88 valence electrons. The monoisotopic (exact) mass is 255 g/mol. The van der Waals surface area contributed by atoms with E-state index in [0.29, 0.717) is 0 Å². The van der Waals surface area contributed by atoms with Crippen LogP contribution in [-0.4, -0.2) is 14.1 Å². The first-order chi connectivity index (χ1) is 7.45. The molecule has 2 aromatic heterocycles. The number of hydrogen-bond acceptors (Lipinski definition) is 5. The van der Waals surface area contributed by atoms with Gasteiger partial charge in [0.15, 0.2) is 6.67 Å². The number of hydrogen-bond donors (Lipinski definition) is 0. The molecule has 0 fully saturated rings. The molecule has 0 atom stereocenters. The van der Waals surface area contributed by atoms with Crippen LogP contribution in [0.1, 0.15) is 0 Å². The summed E-state index contributed by atoms with van der Waals surface area (Å²) in [6.07, 6.45) is 11.3. The van der Waals surface area contributed by atoms with Gasteiger partial charge in [-0.15, -0.1) is 10.2 Å². The molecule has 0 saturated heterocycles. The van der Waals surface area contributed by atoms with Crippen molar-refractivity contribution in [2.45, 2.75) is 6.67 Å². The molecule has 2 heterocycles. The Kier molecular flexibility index (Phi) is 7.09. The minimum absolute atomic E-state index is 0. The van der Waals surface area contributed by atoms with Crippen molar-refractivity contribution >= 4 is 0 Å². The Bertz CT molecular complexity index is 350. The van der Waals surface area contributed by atoms with E-state index in [1.165, 1.54) is 0 Å². The normalized spacial score (nSPS) is 10.1. The molecule has 0 aromatic carbocycles. The molecule has 0 spiro atoms. The summed E-state index contributed by atoms with van der Waals surface area (Å²) < 4.78 is 38.0. The second-order valence-corrected chi connectivity index (χ2v) is 3.48. The average molecular weight is 256 g/mol. The first-order valence-electron chi connectivity index (χ1n) is 4.04. The van der Waals surface area contributed by atoms with Crippen LogP contribution in [-0.2, 0) is 6.67 Å². The third-order valence-corrected chi connectivity index (χ3v) is 1.49. The Morgan fingerprint density at radius 3 is 2.18 bits per heavy atom. The quantitative estimate of drug-likeness (QED) is 0.492. The summed E-state index contributed by atoms with van der Waals surface area (Å²) in [5.41, 5.74) is 0. The maximum atomic E-state index is 8.49. The van der Waals surface area contributed by atoms with Crippen molar-refractivity contribution in [1.29, 1.82) is 0 Å². The molecule has 0 unspecified atom stereocenters. The van der Waals surface area contributed by atoms with Crippen LogP contribution in [0.4, 0.5) is 0 Å². The van der Waals surface area contributed by atoms with Gasteiger partial charge in [-0.3, -0.25) is 4.98 Å². The molecule has 10 heteroatoms. The van der Waals surface area contributed by atoms with Gasteiger partial charge in [0.05, 0.1) is 6.33 Å². The summed E-state index contributed by atoms with van der Waals surface area (Å²) >= 11 is 0. The van der Waals surface area contributed by atoms with Crippen LogP contribution in [0.25, 0.3) is 0 Å². The molecule has 0 bridgehead atoms. The van der Waals surface area contributed by atoms with Crippen molar-refractivity contribution in [3.8, 4) is 0 Å². The summed E-state index contributed by atoms with van der Waals surface area (Å²) in [4.78, 5) is 6.91. The Morgan fingerprint density at radius 2 is 1.76 bits per heavy atom. The van der Waals surface area contributed by atoms with Gasteiger partial charge in [-0.2, -0.15) is 0 Å². The van der Waals surface area contributed by atoms with Gasteiger partial charge in [0.1, 0.15) is 12.4 Å². The van der Waals surface area contributed by atoms with Crippen molar-refractivity contribution < 1.29 is 52.7 Å². The van der Waals surface area contributed by atoms with Gasteiger partial charge in [-0.1, -0.05) is 0 Å². The van der Waals surface area contributed by atoms with E-state index in [1.54, 1.807) is 12.5 Å². The second-order valence-electron chi connectivity index (χ2n) is 2.72. The molecule has 0 aliphatic carbocycles. The number of rotatable bonds is 2. The average Bonchev–Trinajstić information content (AvgIpc) is 2.74. The van der Waals surface area contributed by atoms with E-state index in [-0.39, 0.29) is 18.9 Å². The number of aromatic amines is 1. The van der Waals surface area contributed by atoms with Gasteiger partial charge in [0.25, 0.3) is 0 Å². The molecule has 0 aliphatic rings. The Labute approximate surface area is 111 Å². The van der Waals surface area contributed by atoms with Gasteiger partial charge in [-0.25, -0.2) is 28.2 Å². The van der Waals surface area contributed by atoms with Crippen LogP contribution in [0.3, 0.4) is 0 Å². The maximum absolute atomic E-state index is 8.49. The van der Waals surface area contributed by atoms with Crippen molar-refractivity contribution in [2.24, 2.45) is 0 Å². The number of imidazole rings is 2. The van der Waals surface area contributed by atoms with E-state index in [9.17, 15) is 0 Å². The zero-order chi connectivity index (χ0) is 12.0. The number of nitrogens with one attached hydrogen (secondary N) is 1. The molecule has 0 aliphatic heterocycles. The van der Waals surface area contributed by atoms with E-state index in [1.807, 2.05) is 34.1 Å². The molecule has 17 heavy (non-hydrogen) atoms. The predicted octanol–water partition coefficient (Wildman–Crippen LogP) is -7.75. The van der Waals surface area contributed by atoms with E-state index in [0.717, 1.165) is 6.67 Å². The van der Waals surface area contributed by atoms with E-state index in [2.05, 4.69) is 9.97 Å². The summed E-state index contributed by atoms with van der Waals surface area (Å²) in [6.45, 7) is 0.809. The Hall–Kier alpha value is -0.853. The minimum Gasteiger partial charge on any atom is -0.300 e. The van der Waals surface area contributed by atoms with Gasteiger partial charge in [0.2, 0.25) is 6.33 Å². The number of nitrogens with zero attached hydrogens (tertiary/aromatic N) is 3. The molecular weight excluding hydrogens is 246 g/mol. The molecule has 0 amide bonds. The molecule has 0 saturated carbocycles. The smallest absolute Gasteiger partial charge is 0.300 e. The molecule has 0 radical (unpaired) electrons. The fourth-order valence-corrected chi connectivity index (χ4v) is 0.967. The first-order valence-corrected chi connectivity index (χ1v) is 5.28. The van der Waals surface area contributed by atoms with Crippen LogP contribution in [0.5, 0.6) is 0 Å². The van der Waals surface area contributed by atoms with Crippen LogP contribution >= 0.6 is 0 Å². The SMILES string of the molecule is [Li+].[O-][Cl+3]([O-])([O-])[O-].c1cn(Cn2cc[nH+]c2)cn1. The van der Waals surface area contributed by atoms with Crippen LogP contribution in [0, 0.1) is 10.2 Å². The third-order valence-electron chi connectivity index (χ3n) is 1.49. The van der Waals surface area contributed by atoms with Crippen molar-refractivity contribution in [3.05, 3.63) is 37.4 Å². The Morgan fingerprint density at radius 1 is 1.12 bits per heavy atom. The van der Waals surface area contributed by atoms with E-state index in [4.69, 9.17) is 18.6 Å². The fraction of sp³-hybridized carbons (Fsp3) is 0.143. The number of halogens is 1. The van der Waals surface area contributed by atoms with Crippen LogP contribution in [0.15, 0.2) is 37.4 Å². The predicted molar refractivity (Wildman–Crippen MR) is 38.6 cm³/mol. The van der Waals surface area contributed by atoms with Crippen LogP contribution in [0.2, 0.25) is 0 Å².